The maximum Gasteiger partial charge on any atom is 0.279 e. The normalized spacial score (nSPS) is 19.8. The van der Waals surface area contributed by atoms with Crippen molar-refractivity contribution in [3.8, 4) is 5.75 Å². The molecule has 30 heavy (non-hydrogen) atoms. The van der Waals surface area contributed by atoms with Gasteiger partial charge in [-0.05, 0) is 38.2 Å². The van der Waals surface area contributed by atoms with E-state index >= 15 is 0 Å². The molecule has 1 saturated heterocycles. The highest BCUT2D eigenvalue weighted by Crippen LogP contribution is 2.46. The van der Waals surface area contributed by atoms with Gasteiger partial charge in [-0.25, -0.2) is 0 Å². The van der Waals surface area contributed by atoms with Crippen LogP contribution in [0.3, 0.4) is 0 Å². The van der Waals surface area contributed by atoms with Gasteiger partial charge in [0.2, 0.25) is 0 Å². The molecule has 0 N–H and O–H groups in total. The van der Waals surface area contributed by atoms with Gasteiger partial charge in [-0.15, -0.1) is 11.3 Å². The van der Waals surface area contributed by atoms with E-state index in [2.05, 4.69) is 0 Å². The van der Waals surface area contributed by atoms with E-state index in [0.717, 1.165) is 21.4 Å². The second-order valence-electron chi connectivity index (χ2n) is 6.83. The third kappa shape index (κ3) is 2.97. The molecule has 0 saturated carbocycles. The van der Waals surface area contributed by atoms with Crippen LogP contribution in [0.25, 0.3) is 10.7 Å². The van der Waals surface area contributed by atoms with Crippen molar-refractivity contribution in [2.75, 3.05) is 32.6 Å². The highest BCUT2D eigenvalue weighted by atomic mass is 32.2. The van der Waals surface area contributed by atoms with Crippen LogP contribution in [0.2, 0.25) is 0 Å². The van der Waals surface area contributed by atoms with Gasteiger partial charge in [-0.2, -0.15) is 0 Å². The minimum atomic E-state index is -0.162. The largest absolute Gasteiger partial charge is 0.497 e. The average Bonchev–Trinajstić information content (AvgIpc) is 3.31. The van der Waals surface area contributed by atoms with Crippen molar-refractivity contribution in [3.05, 3.63) is 37.7 Å². The summed E-state index contributed by atoms with van der Waals surface area (Å²) in [5, 5.41) is 1.31. The number of thiocarbonyl (C=S) groups is 1. The standard InChI is InChI=1S/C20H22N4O3S3/c1-6-23-17(26)15(19-21(3)12-10-11(27-5)8-9-13(12)29-19)30-18(23)14-16(25)24(7-2)20(28)22(14)4/h8-10H,6-7H2,1-5H3/b18-14+,19-15-. The van der Waals surface area contributed by atoms with Crippen LogP contribution in [0.15, 0.2) is 27.9 Å². The van der Waals surface area contributed by atoms with Crippen LogP contribution in [-0.2, 0) is 11.3 Å². The number of carbonyl (C=O) groups is 1. The topological polar surface area (TPSA) is 58.0 Å². The number of hydrogen-bond acceptors (Lipinski definition) is 7. The number of thiazole rings is 1. The first-order valence-electron chi connectivity index (χ1n) is 9.51. The molecule has 0 aliphatic carbocycles. The Morgan fingerprint density at radius 1 is 1.10 bits per heavy atom. The quantitative estimate of drug-likeness (QED) is 0.640. The van der Waals surface area contributed by atoms with E-state index in [9.17, 15) is 9.59 Å². The second-order valence-corrected chi connectivity index (χ2v) is 9.22. The maximum atomic E-state index is 13.3. The first-order valence-corrected chi connectivity index (χ1v) is 11.6. The number of aromatic nitrogens is 1. The zero-order valence-electron chi connectivity index (χ0n) is 17.4. The number of thioether (sulfide) groups is 1. The lowest BCUT2D eigenvalue weighted by Crippen LogP contribution is -2.35. The number of likely N-dealkylation sites (N-methyl/N-ethyl adjacent to an activating group) is 2. The molecule has 1 fully saturated rings. The van der Waals surface area contributed by atoms with Crippen LogP contribution in [-0.4, -0.2) is 53.1 Å². The molecule has 2 aliphatic rings. The average molecular weight is 463 g/mol. The number of hydrogen-bond donors (Lipinski definition) is 0. The summed E-state index contributed by atoms with van der Waals surface area (Å²) in [4.78, 5) is 32.7. The van der Waals surface area contributed by atoms with Crippen molar-refractivity contribution < 1.29 is 9.53 Å². The van der Waals surface area contributed by atoms with Crippen molar-refractivity contribution >= 4 is 62.7 Å². The van der Waals surface area contributed by atoms with Gasteiger partial charge in [0.1, 0.15) is 25.7 Å². The summed E-state index contributed by atoms with van der Waals surface area (Å²) in [7, 11) is 5.35. The van der Waals surface area contributed by atoms with Gasteiger partial charge in [0.05, 0.1) is 12.8 Å². The Hall–Kier alpha value is -2.30. The van der Waals surface area contributed by atoms with E-state index < -0.39 is 0 Å². The highest BCUT2D eigenvalue weighted by molar-refractivity contribution is 8.08. The minimum Gasteiger partial charge on any atom is -0.497 e. The molecular weight excluding hydrogens is 440 g/mol. The van der Waals surface area contributed by atoms with Crippen LogP contribution in [0.4, 0.5) is 5.69 Å². The number of anilines is 1. The second kappa shape index (κ2) is 7.75. The summed E-state index contributed by atoms with van der Waals surface area (Å²) in [5.74, 6) is 0.604. The van der Waals surface area contributed by atoms with E-state index in [0.29, 0.717) is 33.1 Å². The smallest absolute Gasteiger partial charge is 0.279 e. The molecule has 10 heteroatoms. The molecule has 158 valence electrons. The molecule has 1 aromatic carbocycles. The summed E-state index contributed by atoms with van der Waals surface area (Å²) in [6.45, 7) is 4.76. The molecule has 2 aromatic rings. The lowest BCUT2D eigenvalue weighted by Gasteiger charge is -2.13. The number of nitrogens with zero attached hydrogens (tertiary/aromatic N) is 4. The third-order valence-electron chi connectivity index (χ3n) is 5.25. The number of amides is 1. The first-order chi connectivity index (χ1) is 14.3. The molecule has 0 radical (unpaired) electrons. The predicted octanol–water partition coefficient (Wildman–Crippen LogP) is 1.43. The number of ether oxygens (including phenoxy) is 1. The van der Waals surface area contributed by atoms with Gasteiger partial charge in [-0.3, -0.25) is 19.1 Å². The van der Waals surface area contributed by atoms with Gasteiger partial charge >= 0.3 is 0 Å². The number of methoxy groups -OCH3 is 1. The molecular formula is C20H22N4O3S3. The van der Waals surface area contributed by atoms with E-state index in [4.69, 9.17) is 17.0 Å². The van der Waals surface area contributed by atoms with Gasteiger partial charge in [0.15, 0.2) is 5.11 Å². The van der Waals surface area contributed by atoms with E-state index in [1.165, 1.54) is 11.3 Å². The molecule has 0 bridgehead atoms. The van der Waals surface area contributed by atoms with Gasteiger partial charge in [0.25, 0.3) is 11.5 Å². The number of benzene rings is 1. The van der Waals surface area contributed by atoms with E-state index in [1.807, 2.05) is 44.0 Å². The fraction of sp³-hybridized carbons (Fsp3) is 0.350. The molecule has 7 nitrogen and oxygen atoms in total. The third-order valence-corrected chi connectivity index (χ3v) is 8.29. The Bertz CT molecular complexity index is 1250. The van der Waals surface area contributed by atoms with Crippen molar-refractivity contribution in [1.82, 2.24) is 14.4 Å². The van der Waals surface area contributed by atoms with E-state index in [-0.39, 0.29) is 11.5 Å². The zero-order chi connectivity index (χ0) is 21.7. The fourth-order valence-electron chi connectivity index (χ4n) is 3.61. The minimum absolute atomic E-state index is 0.0961. The Balaban J connectivity index is 1.98. The van der Waals surface area contributed by atoms with Crippen molar-refractivity contribution in [2.24, 2.45) is 0 Å². The van der Waals surface area contributed by atoms with Crippen LogP contribution in [0.1, 0.15) is 13.8 Å². The Morgan fingerprint density at radius 3 is 2.43 bits per heavy atom. The number of rotatable bonds is 3. The van der Waals surface area contributed by atoms with Crippen molar-refractivity contribution in [2.45, 2.75) is 25.3 Å². The summed E-state index contributed by atoms with van der Waals surface area (Å²) < 4.78 is 8.26. The number of fused-ring (bicyclic) bond motifs is 1. The maximum absolute atomic E-state index is 13.3. The van der Waals surface area contributed by atoms with Crippen LogP contribution in [0, 0.1) is 0 Å². The molecule has 3 heterocycles. The summed E-state index contributed by atoms with van der Waals surface area (Å²) in [6, 6.07) is 5.87. The summed E-state index contributed by atoms with van der Waals surface area (Å²) in [6.07, 6.45) is 0. The number of carbonyl (C=O) groups excluding carboxylic acids is 1. The Labute approximate surface area is 187 Å². The zero-order valence-corrected chi connectivity index (χ0v) is 19.8. The predicted molar refractivity (Wildman–Crippen MR) is 125 cm³/mol. The molecule has 0 unspecified atom stereocenters. The highest BCUT2D eigenvalue weighted by Gasteiger charge is 2.37. The molecule has 4 rings (SSSR count). The van der Waals surface area contributed by atoms with E-state index in [1.54, 1.807) is 40.3 Å². The lowest BCUT2D eigenvalue weighted by molar-refractivity contribution is -0.120. The first kappa shape index (κ1) is 21.0. The fourth-order valence-corrected chi connectivity index (χ4v) is 6.48. The lowest BCUT2D eigenvalue weighted by atomic mass is 10.3. The molecule has 1 amide bonds. The molecule has 0 spiro atoms. The van der Waals surface area contributed by atoms with Crippen molar-refractivity contribution in [1.29, 1.82) is 0 Å². The Morgan fingerprint density at radius 2 is 1.83 bits per heavy atom. The van der Waals surface area contributed by atoms with Crippen molar-refractivity contribution in [3.63, 3.8) is 0 Å². The van der Waals surface area contributed by atoms with Crippen LogP contribution < -0.4 is 24.4 Å². The monoisotopic (exact) mass is 462 g/mol. The molecule has 1 aromatic heterocycles. The molecule has 0 atom stereocenters. The molecule has 2 aliphatic heterocycles. The summed E-state index contributed by atoms with van der Waals surface area (Å²) >= 11 is 8.33. The van der Waals surface area contributed by atoms with Crippen LogP contribution >= 0.6 is 35.3 Å². The van der Waals surface area contributed by atoms with Crippen LogP contribution in [0.5, 0.6) is 5.75 Å². The van der Waals surface area contributed by atoms with Gasteiger partial charge < -0.3 is 14.5 Å². The van der Waals surface area contributed by atoms with Gasteiger partial charge in [-0.1, -0.05) is 11.8 Å². The SMILES string of the molecule is CCN1C(=O)/C(=c2\s/c(=C3\Sc4ccc(OC)cc4N3C)c(=O)n2CC)N(C)C1=S. The van der Waals surface area contributed by atoms with Gasteiger partial charge in [0, 0.05) is 38.1 Å². The Kier molecular flexibility index (Phi) is 5.41. The summed E-state index contributed by atoms with van der Waals surface area (Å²) in [5.41, 5.74) is 1.36.